The average Bonchev–Trinajstić information content (AvgIpc) is 2.50. The first-order valence-corrected chi connectivity index (χ1v) is 5.41. The number of hydrogen-bond acceptors (Lipinski definition) is 2. The van der Waals surface area contributed by atoms with Gasteiger partial charge < -0.3 is 0 Å². The van der Waals surface area contributed by atoms with E-state index in [4.69, 9.17) is 0 Å². The Morgan fingerprint density at radius 3 is 2.77 bits per heavy atom. The number of nitrogens with zero attached hydrogens (tertiary/aromatic N) is 1. The van der Waals surface area contributed by atoms with Gasteiger partial charge in [0.25, 0.3) is 0 Å². The summed E-state index contributed by atoms with van der Waals surface area (Å²) in [7, 11) is 0. The highest BCUT2D eigenvalue weighted by Crippen LogP contribution is 2.30. The minimum absolute atomic E-state index is 0.587. The lowest BCUT2D eigenvalue weighted by molar-refractivity contribution is 0.868. The molecule has 0 spiro atoms. The van der Waals surface area contributed by atoms with Crippen molar-refractivity contribution < 1.29 is 0 Å². The summed E-state index contributed by atoms with van der Waals surface area (Å²) in [5.41, 5.74) is 5.90. The lowest BCUT2D eigenvalue weighted by Gasteiger charge is -2.09. The Bertz CT molecular complexity index is 429. The van der Waals surface area contributed by atoms with E-state index >= 15 is 0 Å². The van der Waals surface area contributed by atoms with E-state index in [1.807, 2.05) is 5.51 Å². The van der Waals surface area contributed by atoms with Crippen LogP contribution in [0.1, 0.15) is 30.9 Å². The van der Waals surface area contributed by atoms with Gasteiger partial charge in [-0.05, 0) is 30.0 Å². The molecule has 0 saturated heterocycles. The van der Waals surface area contributed by atoms with Crippen LogP contribution in [-0.2, 0) is 0 Å². The molecule has 1 nitrogen and oxygen atoms in total. The van der Waals surface area contributed by atoms with Gasteiger partial charge >= 0.3 is 0 Å². The molecular formula is C11H13NS. The van der Waals surface area contributed by atoms with Gasteiger partial charge in [-0.15, -0.1) is 11.3 Å². The van der Waals surface area contributed by atoms with E-state index in [9.17, 15) is 0 Å². The third kappa shape index (κ3) is 1.35. The van der Waals surface area contributed by atoms with E-state index in [-0.39, 0.29) is 0 Å². The zero-order chi connectivity index (χ0) is 9.42. The third-order valence-corrected chi connectivity index (χ3v) is 3.21. The summed E-state index contributed by atoms with van der Waals surface area (Å²) >= 11 is 1.75. The van der Waals surface area contributed by atoms with Gasteiger partial charge in [-0.2, -0.15) is 0 Å². The lowest BCUT2D eigenvalue weighted by Crippen LogP contribution is -1.91. The SMILES string of the molecule is Cc1ccc2ncsc2c1C(C)C. The second-order valence-electron chi connectivity index (χ2n) is 3.65. The number of aryl methyl sites for hydroxylation is 1. The van der Waals surface area contributed by atoms with E-state index in [0.717, 1.165) is 5.52 Å². The van der Waals surface area contributed by atoms with E-state index in [0.29, 0.717) is 5.92 Å². The zero-order valence-electron chi connectivity index (χ0n) is 8.16. The van der Waals surface area contributed by atoms with Crippen LogP contribution in [-0.4, -0.2) is 4.98 Å². The van der Waals surface area contributed by atoms with Crippen LogP contribution in [0.2, 0.25) is 0 Å². The summed E-state index contributed by atoms with van der Waals surface area (Å²) in [6, 6.07) is 4.27. The Balaban J connectivity index is 2.80. The van der Waals surface area contributed by atoms with E-state index in [2.05, 4.69) is 37.9 Å². The Morgan fingerprint density at radius 2 is 2.08 bits per heavy atom. The Labute approximate surface area is 82.4 Å². The summed E-state index contributed by atoms with van der Waals surface area (Å²) in [5, 5.41) is 0. The van der Waals surface area contributed by atoms with Gasteiger partial charge in [0.05, 0.1) is 15.7 Å². The van der Waals surface area contributed by atoms with Gasteiger partial charge in [-0.25, -0.2) is 4.98 Å². The van der Waals surface area contributed by atoms with Gasteiger partial charge in [0.1, 0.15) is 0 Å². The fourth-order valence-electron chi connectivity index (χ4n) is 1.77. The van der Waals surface area contributed by atoms with Gasteiger partial charge in [-0.1, -0.05) is 19.9 Å². The maximum atomic E-state index is 4.32. The van der Waals surface area contributed by atoms with Crippen molar-refractivity contribution in [2.24, 2.45) is 0 Å². The summed E-state index contributed by atoms with van der Waals surface area (Å²) in [6.45, 7) is 6.65. The smallest absolute Gasteiger partial charge is 0.0815 e. The molecule has 1 aromatic carbocycles. The van der Waals surface area contributed by atoms with Crippen LogP contribution in [0.15, 0.2) is 17.6 Å². The normalized spacial score (nSPS) is 11.4. The van der Waals surface area contributed by atoms with Gasteiger partial charge in [0.15, 0.2) is 0 Å². The first-order valence-electron chi connectivity index (χ1n) is 4.53. The molecule has 0 saturated carbocycles. The molecule has 2 rings (SSSR count). The number of rotatable bonds is 1. The van der Waals surface area contributed by atoms with Crippen LogP contribution in [0.25, 0.3) is 10.2 Å². The second-order valence-corrected chi connectivity index (χ2v) is 4.51. The molecule has 0 aliphatic carbocycles. The van der Waals surface area contributed by atoms with Crippen molar-refractivity contribution in [2.45, 2.75) is 26.7 Å². The van der Waals surface area contributed by atoms with Crippen LogP contribution < -0.4 is 0 Å². The number of hydrogen-bond donors (Lipinski definition) is 0. The fourth-order valence-corrected chi connectivity index (χ4v) is 2.80. The van der Waals surface area contributed by atoms with Crippen LogP contribution in [0.5, 0.6) is 0 Å². The van der Waals surface area contributed by atoms with Crippen molar-refractivity contribution in [3.8, 4) is 0 Å². The molecule has 0 fully saturated rings. The van der Waals surface area contributed by atoms with Gasteiger partial charge in [0, 0.05) is 0 Å². The molecular weight excluding hydrogens is 178 g/mol. The predicted molar refractivity (Wildman–Crippen MR) is 58.4 cm³/mol. The van der Waals surface area contributed by atoms with Crippen molar-refractivity contribution >= 4 is 21.6 Å². The molecule has 0 aliphatic rings. The molecule has 0 bridgehead atoms. The molecule has 0 radical (unpaired) electrons. The van der Waals surface area contributed by atoms with Crippen LogP contribution in [0, 0.1) is 6.92 Å². The highest BCUT2D eigenvalue weighted by molar-refractivity contribution is 7.17. The first kappa shape index (κ1) is 8.70. The highest BCUT2D eigenvalue weighted by Gasteiger charge is 2.09. The molecule has 2 heteroatoms. The van der Waals surface area contributed by atoms with Crippen LogP contribution in [0.3, 0.4) is 0 Å². The summed E-state index contributed by atoms with van der Waals surface area (Å²) in [6.07, 6.45) is 0. The zero-order valence-corrected chi connectivity index (χ0v) is 8.98. The van der Waals surface area contributed by atoms with Crippen molar-refractivity contribution in [3.63, 3.8) is 0 Å². The maximum absolute atomic E-state index is 4.32. The molecule has 13 heavy (non-hydrogen) atoms. The van der Waals surface area contributed by atoms with E-state index in [1.165, 1.54) is 15.8 Å². The molecule has 1 aromatic heterocycles. The van der Waals surface area contributed by atoms with Crippen molar-refractivity contribution in [1.82, 2.24) is 4.98 Å². The van der Waals surface area contributed by atoms with Crippen LogP contribution >= 0.6 is 11.3 Å². The lowest BCUT2D eigenvalue weighted by atomic mass is 9.98. The fraction of sp³-hybridized carbons (Fsp3) is 0.364. The van der Waals surface area contributed by atoms with E-state index in [1.54, 1.807) is 11.3 Å². The third-order valence-electron chi connectivity index (χ3n) is 2.33. The van der Waals surface area contributed by atoms with Gasteiger partial charge in [-0.3, -0.25) is 0 Å². The van der Waals surface area contributed by atoms with Crippen molar-refractivity contribution in [1.29, 1.82) is 0 Å². The Morgan fingerprint density at radius 1 is 1.31 bits per heavy atom. The molecule has 0 aliphatic heterocycles. The van der Waals surface area contributed by atoms with Crippen molar-refractivity contribution in [2.75, 3.05) is 0 Å². The highest BCUT2D eigenvalue weighted by atomic mass is 32.1. The minimum Gasteiger partial charge on any atom is -0.245 e. The first-order chi connectivity index (χ1) is 6.20. The molecule has 68 valence electrons. The topological polar surface area (TPSA) is 12.9 Å². The molecule has 0 amide bonds. The number of benzene rings is 1. The van der Waals surface area contributed by atoms with Gasteiger partial charge in [0.2, 0.25) is 0 Å². The predicted octanol–water partition coefficient (Wildman–Crippen LogP) is 3.73. The maximum Gasteiger partial charge on any atom is 0.0815 e. The minimum atomic E-state index is 0.587. The second kappa shape index (κ2) is 3.11. The summed E-state index contributed by atoms with van der Waals surface area (Å²) in [5.74, 6) is 0.587. The van der Waals surface area contributed by atoms with Crippen molar-refractivity contribution in [3.05, 3.63) is 28.8 Å². The molecule has 2 aromatic rings. The number of aromatic nitrogens is 1. The largest absolute Gasteiger partial charge is 0.245 e. The molecule has 1 heterocycles. The Hall–Kier alpha value is -0.890. The molecule has 0 unspecified atom stereocenters. The quantitative estimate of drug-likeness (QED) is 0.669. The number of thiazole rings is 1. The van der Waals surface area contributed by atoms with Crippen LogP contribution in [0.4, 0.5) is 0 Å². The Kier molecular flexibility index (Phi) is 2.08. The monoisotopic (exact) mass is 191 g/mol. The molecule has 0 N–H and O–H groups in total. The summed E-state index contributed by atoms with van der Waals surface area (Å²) < 4.78 is 1.36. The van der Waals surface area contributed by atoms with E-state index < -0.39 is 0 Å². The number of fused-ring (bicyclic) bond motifs is 1. The molecule has 0 atom stereocenters. The summed E-state index contributed by atoms with van der Waals surface area (Å²) in [4.78, 5) is 4.32. The standard InChI is InChI=1S/C11H13NS/c1-7(2)10-8(3)4-5-9-11(10)13-6-12-9/h4-7H,1-3H3. The average molecular weight is 191 g/mol.